The van der Waals surface area contributed by atoms with Gasteiger partial charge < -0.3 is 9.47 Å². The van der Waals surface area contributed by atoms with Crippen molar-refractivity contribution in [1.29, 1.82) is 0 Å². The van der Waals surface area contributed by atoms with E-state index in [9.17, 15) is 26.4 Å². The minimum Gasteiger partial charge on any atom is -0.486 e. The molecular formula is C16H12F3NO5S. The van der Waals surface area contributed by atoms with Crippen LogP contribution in [0.2, 0.25) is 0 Å². The quantitative estimate of drug-likeness (QED) is 0.876. The lowest BCUT2D eigenvalue weighted by molar-refractivity contribution is -0.137. The highest BCUT2D eigenvalue weighted by Crippen LogP contribution is 2.34. The molecule has 1 N–H and O–H groups in total. The molecule has 1 heterocycles. The molecule has 0 atom stereocenters. The van der Waals surface area contributed by atoms with Gasteiger partial charge in [0.25, 0.3) is 15.9 Å². The molecule has 138 valence electrons. The molecule has 1 amide bonds. The monoisotopic (exact) mass is 387 g/mol. The standard InChI is InChI=1S/C16H12F3NO5S/c17-16(18,19)10-4-6-11(7-5-10)26(22,23)20-15(21)12-2-1-3-13-14(12)25-9-8-24-13/h1-7H,8-9H2,(H,20,21). The van der Waals surface area contributed by atoms with E-state index in [0.29, 0.717) is 24.5 Å². The molecule has 0 radical (unpaired) electrons. The number of benzene rings is 2. The molecule has 6 nitrogen and oxygen atoms in total. The largest absolute Gasteiger partial charge is 0.486 e. The Morgan fingerprint density at radius 3 is 2.31 bits per heavy atom. The number of carbonyl (C=O) groups is 1. The maximum absolute atomic E-state index is 12.6. The fourth-order valence-electron chi connectivity index (χ4n) is 2.31. The van der Waals surface area contributed by atoms with Gasteiger partial charge in [-0.1, -0.05) is 6.07 Å². The van der Waals surface area contributed by atoms with Crippen LogP contribution in [0.25, 0.3) is 0 Å². The Morgan fingerprint density at radius 2 is 1.65 bits per heavy atom. The molecule has 10 heteroatoms. The number of halogens is 3. The van der Waals surface area contributed by atoms with Gasteiger partial charge in [0.15, 0.2) is 11.5 Å². The first-order chi connectivity index (χ1) is 12.2. The number of hydrogen-bond donors (Lipinski definition) is 1. The second kappa shape index (κ2) is 6.52. The Bertz CT molecular complexity index is 939. The number of para-hydroxylation sites is 1. The average molecular weight is 387 g/mol. The lowest BCUT2D eigenvalue weighted by atomic mass is 10.1. The summed E-state index contributed by atoms with van der Waals surface area (Å²) in [7, 11) is -4.36. The normalized spacial score (nSPS) is 14.0. The second-order valence-electron chi connectivity index (χ2n) is 5.29. The van der Waals surface area contributed by atoms with Gasteiger partial charge in [-0.3, -0.25) is 4.79 Å². The number of nitrogens with one attached hydrogen (secondary N) is 1. The van der Waals surface area contributed by atoms with Crippen LogP contribution in [0.15, 0.2) is 47.4 Å². The van der Waals surface area contributed by atoms with Crippen LogP contribution in [0, 0.1) is 0 Å². The molecule has 3 rings (SSSR count). The summed E-state index contributed by atoms with van der Waals surface area (Å²) in [5.41, 5.74) is -1.05. The number of alkyl halides is 3. The minimum atomic E-state index is -4.59. The summed E-state index contributed by atoms with van der Waals surface area (Å²) in [6, 6.07) is 7.21. The molecular weight excluding hydrogens is 375 g/mol. The maximum atomic E-state index is 12.6. The molecule has 1 aliphatic rings. The second-order valence-corrected chi connectivity index (χ2v) is 6.97. The van der Waals surface area contributed by atoms with Crippen molar-refractivity contribution in [3.63, 3.8) is 0 Å². The molecule has 0 saturated carbocycles. The molecule has 0 bridgehead atoms. The molecule has 1 aliphatic heterocycles. The van der Waals surface area contributed by atoms with E-state index in [2.05, 4.69) is 0 Å². The highest BCUT2D eigenvalue weighted by Gasteiger charge is 2.31. The van der Waals surface area contributed by atoms with Crippen molar-refractivity contribution >= 4 is 15.9 Å². The van der Waals surface area contributed by atoms with E-state index in [4.69, 9.17) is 9.47 Å². The fourth-order valence-corrected chi connectivity index (χ4v) is 3.28. The van der Waals surface area contributed by atoms with Crippen LogP contribution < -0.4 is 14.2 Å². The molecule has 0 saturated heterocycles. The van der Waals surface area contributed by atoms with E-state index in [1.54, 1.807) is 6.07 Å². The Morgan fingerprint density at radius 1 is 1.00 bits per heavy atom. The van der Waals surface area contributed by atoms with Gasteiger partial charge in [-0.15, -0.1) is 0 Å². The molecule has 2 aromatic carbocycles. The minimum absolute atomic E-state index is 0.0577. The van der Waals surface area contributed by atoms with Gasteiger partial charge in [-0.25, -0.2) is 13.1 Å². The van der Waals surface area contributed by atoms with E-state index in [1.165, 1.54) is 12.1 Å². The van der Waals surface area contributed by atoms with E-state index in [1.807, 2.05) is 4.72 Å². The van der Waals surface area contributed by atoms with Gasteiger partial charge >= 0.3 is 6.18 Å². The molecule has 0 aromatic heterocycles. The van der Waals surface area contributed by atoms with E-state index >= 15 is 0 Å². The SMILES string of the molecule is O=C(NS(=O)(=O)c1ccc(C(F)(F)F)cc1)c1cccc2c1OCCO2. The fraction of sp³-hybridized carbons (Fsp3) is 0.188. The zero-order chi connectivity index (χ0) is 18.9. The summed E-state index contributed by atoms with van der Waals surface area (Å²) in [5, 5.41) is 0. The van der Waals surface area contributed by atoms with Crippen molar-refractivity contribution in [3.05, 3.63) is 53.6 Å². The van der Waals surface area contributed by atoms with Gasteiger partial charge in [-0.05, 0) is 36.4 Å². The van der Waals surface area contributed by atoms with Crippen LogP contribution in [0.4, 0.5) is 13.2 Å². The smallest absolute Gasteiger partial charge is 0.416 e. The van der Waals surface area contributed by atoms with Gasteiger partial charge in [0.2, 0.25) is 0 Å². The van der Waals surface area contributed by atoms with E-state index in [-0.39, 0.29) is 17.9 Å². The van der Waals surface area contributed by atoms with Crippen molar-refractivity contribution in [3.8, 4) is 11.5 Å². The van der Waals surface area contributed by atoms with Crippen LogP contribution in [0.1, 0.15) is 15.9 Å². The molecule has 26 heavy (non-hydrogen) atoms. The first-order valence-corrected chi connectivity index (χ1v) is 8.80. The highest BCUT2D eigenvalue weighted by molar-refractivity contribution is 7.90. The lowest BCUT2D eigenvalue weighted by Crippen LogP contribution is -2.31. The van der Waals surface area contributed by atoms with Gasteiger partial charge in [-0.2, -0.15) is 13.2 Å². The van der Waals surface area contributed by atoms with Crippen molar-refractivity contribution in [2.75, 3.05) is 13.2 Å². The Balaban J connectivity index is 1.85. The summed E-state index contributed by atoms with van der Waals surface area (Å²) >= 11 is 0. The number of rotatable bonds is 3. The van der Waals surface area contributed by atoms with Crippen LogP contribution in [-0.4, -0.2) is 27.5 Å². The van der Waals surface area contributed by atoms with Gasteiger partial charge in [0.05, 0.1) is 16.0 Å². The van der Waals surface area contributed by atoms with Crippen LogP contribution in [-0.2, 0) is 16.2 Å². The van der Waals surface area contributed by atoms with Crippen molar-refractivity contribution in [2.45, 2.75) is 11.1 Å². The number of carbonyl (C=O) groups excluding carboxylic acids is 1. The summed E-state index contributed by atoms with van der Waals surface area (Å²) in [6.45, 7) is 0.491. The molecule has 0 aliphatic carbocycles. The Kier molecular flexibility index (Phi) is 4.53. The maximum Gasteiger partial charge on any atom is 0.416 e. The molecule has 2 aromatic rings. The average Bonchev–Trinajstić information content (AvgIpc) is 2.60. The predicted octanol–water partition coefficient (Wildman–Crippen LogP) is 2.60. The van der Waals surface area contributed by atoms with E-state index in [0.717, 1.165) is 12.1 Å². The zero-order valence-electron chi connectivity index (χ0n) is 13.0. The van der Waals surface area contributed by atoms with Gasteiger partial charge in [0, 0.05) is 0 Å². The highest BCUT2D eigenvalue weighted by atomic mass is 32.2. The van der Waals surface area contributed by atoms with Crippen LogP contribution >= 0.6 is 0 Å². The third kappa shape index (κ3) is 3.59. The lowest BCUT2D eigenvalue weighted by Gasteiger charge is -2.20. The third-order valence-electron chi connectivity index (χ3n) is 3.53. The number of amides is 1. The molecule has 0 fully saturated rings. The number of ether oxygens (including phenoxy) is 2. The van der Waals surface area contributed by atoms with E-state index < -0.39 is 32.6 Å². The first-order valence-electron chi connectivity index (χ1n) is 7.31. The predicted molar refractivity (Wildman–Crippen MR) is 83.5 cm³/mol. The summed E-state index contributed by atoms with van der Waals surface area (Å²) in [6.07, 6.45) is -4.59. The number of hydrogen-bond acceptors (Lipinski definition) is 5. The number of fused-ring (bicyclic) bond motifs is 1. The van der Waals surface area contributed by atoms with Crippen molar-refractivity contribution in [1.82, 2.24) is 4.72 Å². The summed E-state index contributed by atoms with van der Waals surface area (Å²) < 4.78 is 74.7. The Labute approximate surface area is 146 Å². The van der Waals surface area contributed by atoms with Crippen LogP contribution in [0.3, 0.4) is 0 Å². The Hall–Kier alpha value is -2.75. The molecule has 0 spiro atoms. The van der Waals surface area contributed by atoms with Crippen molar-refractivity contribution < 1.29 is 35.9 Å². The summed E-state index contributed by atoms with van der Waals surface area (Å²) in [5.74, 6) is -0.568. The number of sulfonamides is 1. The third-order valence-corrected chi connectivity index (χ3v) is 4.88. The zero-order valence-corrected chi connectivity index (χ0v) is 13.9. The molecule has 0 unspecified atom stereocenters. The summed E-state index contributed by atoms with van der Waals surface area (Å²) in [4.78, 5) is 11.9. The van der Waals surface area contributed by atoms with Gasteiger partial charge in [0.1, 0.15) is 13.2 Å². The first kappa shape index (κ1) is 18.1. The van der Waals surface area contributed by atoms with Crippen LogP contribution in [0.5, 0.6) is 11.5 Å². The van der Waals surface area contributed by atoms with Crippen molar-refractivity contribution in [2.24, 2.45) is 0 Å². The topological polar surface area (TPSA) is 81.7 Å².